The van der Waals surface area contributed by atoms with Gasteiger partial charge in [0.1, 0.15) is 11.8 Å². The molecule has 0 saturated heterocycles. The Morgan fingerprint density at radius 1 is 1.44 bits per heavy atom. The van der Waals surface area contributed by atoms with Gasteiger partial charge in [-0.05, 0) is 30.7 Å². The molecule has 0 aromatic carbocycles. The van der Waals surface area contributed by atoms with Crippen molar-refractivity contribution in [3.05, 3.63) is 45.5 Å². The van der Waals surface area contributed by atoms with E-state index in [1.807, 2.05) is 31.2 Å². The van der Waals surface area contributed by atoms with Crippen LogP contribution in [0.5, 0.6) is 0 Å². The van der Waals surface area contributed by atoms with Gasteiger partial charge < -0.3 is 9.52 Å². The van der Waals surface area contributed by atoms with E-state index in [0.29, 0.717) is 0 Å². The molecule has 98 valence electrons. The molecular formula is C13H16ClNO2S. The minimum atomic E-state index is -0.0606. The molecule has 2 atom stereocenters. The number of furan rings is 1. The van der Waals surface area contributed by atoms with E-state index in [1.165, 1.54) is 11.3 Å². The van der Waals surface area contributed by atoms with Crippen LogP contribution < -0.4 is 5.32 Å². The lowest BCUT2D eigenvalue weighted by Crippen LogP contribution is -2.35. The van der Waals surface area contributed by atoms with E-state index in [4.69, 9.17) is 16.0 Å². The Morgan fingerprint density at radius 2 is 2.28 bits per heavy atom. The van der Waals surface area contributed by atoms with Crippen LogP contribution in [-0.2, 0) is 0 Å². The fourth-order valence-electron chi connectivity index (χ4n) is 1.78. The molecule has 0 aliphatic carbocycles. The molecule has 0 spiro atoms. The molecule has 2 N–H and O–H groups in total. The quantitative estimate of drug-likeness (QED) is 0.854. The average molecular weight is 286 g/mol. The molecule has 0 amide bonds. The number of rotatable bonds is 6. The molecule has 18 heavy (non-hydrogen) atoms. The summed E-state index contributed by atoms with van der Waals surface area (Å²) in [5, 5.41) is 12.7. The molecule has 2 aromatic rings. The fourth-order valence-corrected chi connectivity index (χ4v) is 2.91. The van der Waals surface area contributed by atoms with Crippen molar-refractivity contribution in [3.8, 4) is 0 Å². The maximum Gasteiger partial charge on any atom is 0.126 e. The minimum absolute atomic E-state index is 0.0426. The highest BCUT2D eigenvalue weighted by Crippen LogP contribution is 2.31. The predicted octanol–water partition coefficient (Wildman–Crippen LogP) is 3.44. The Hall–Kier alpha value is -0.810. The van der Waals surface area contributed by atoms with Crippen LogP contribution in [0.1, 0.15) is 30.0 Å². The summed E-state index contributed by atoms with van der Waals surface area (Å²) in [4.78, 5) is 1.09. The van der Waals surface area contributed by atoms with Crippen molar-refractivity contribution in [2.45, 2.75) is 25.4 Å². The number of hydrogen-bond acceptors (Lipinski definition) is 4. The first kappa shape index (κ1) is 13.6. The lowest BCUT2D eigenvalue weighted by Gasteiger charge is -2.21. The van der Waals surface area contributed by atoms with Crippen LogP contribution in [0, 0.1) is 0 Å². The summed E-state index contributed by atoms with van der Waals surface area (Å²) in [6, 6.07) is 7.63. The topological polar surface area (TPSA) is 45.4 Å². The summed E-state index contributed by atoms with van der Waals surface area (Å²) in [5.41, 5.74) is 0. The summed E-state index contributed by atoms with van der Waals surface area (Å²) in [5.74, 6) is 0.834. The molecule has 5 heteroatoms. The van der Waals surface area contributed by atoms with Gasteiger partial charge in [0.2, 0.25) is 0 Å². The Morgan fingerprint density at radius 3 is 2.78 bits per heavy atom. The molecule has 0 saturated carbocycles. The van der Waals surface area contributed by atoms with E-state index in [0.717, 1.165) is 21.4 Å². The van der Waals surface area contributed by atoms with E-state index in [2.05, 4.69) is 5.32 Å². The Kier molecular flexibility index (Phi) is 4.83. The Labute approximate surface area is 115 Å². The lowest BCUT2D eigenvalue weighted by molar-refractivity contribution is 0.229. The van der Waals surface area contributed by atoms with Crippen molar-refractivity contribution in [3.63, 3.8) is 0 Å². The van der Waals surface area contributed by atoms with Crippen LogP contribution in [-0.4, -0.2) is 17.8 Å². The van der Waals surface area contributed by atoms with E-state index >= 15 is 0 Å². The molecule has 0 bridgehead atoms. The van der Waals surface area contributed by atoms with Crippen molar-refractivity contribution >= 4 is 22.9 Å². The molecule has 3 nitrogen and oxygen atoms in total. The number of aliphatic hydroxyl groups excluding tert-OH is 1. The molecule has 0 fully saturated rings. The Balaban J connectivity index is 2.23. The van der Waals surface area contributed by atoms with E-state index < -0.39 is 0 Å². The predicted molar refractivity (Wildman–Crippen MR) is 74.2 cm³/mol. The number of aliphatic hydroxyl groups is 1. The van der Waals surface area contributed by atoms with Crippen LogP contribution in [0.4, 0.5) is 0 Å². The SMILES string of the molecule is CCC(CO)NC(c1ccco1)c1ccc(Cl)s1. The van der Waals surface area contributed by atoms with Crippen molar-refractivity contribution in [2.24, 2.45) is 0 Å². The van der Waals surface area contributed by atoms with Gasteiger partial charge in [-0.15, -0.1) is 11.3 Å². The molecule has 2 aromatic heterocycles. The highest BCUT2D eigenvalue weighted by atomic mass is 35.5. The monoisotopic (exact) mass is 285 g/mol. The average Bonchev–Trinajstić information content (AvgIpc) is 3.02. The lowest BCUT2D eigenvalue weighted by atomic mass is 10.1. The summed E-state index contributed by atoms with van der Waals surface area (Å²) < 4.78 is 6.22. The van der Waals surface area contributed by atoms with E-state index in [9.17, 15) is 5.11 Å². The molecule has 2 rings (SSSR count). The molecule has 0 aliphatic heterocycles. The molecule has 0 radical (unpaired) electrons. The maximum absolute atomic E-state index is 9.31. The van der Waals surface area contributed by atoms with Gasteiger partial charge in [-0.2, -0.15) is 0 Å². The molecule has 2 heterocycles. The number of thiophene rings is 1. The third kappa shape index (κ3) is 3.14. The van der Waals surface area contributed by atoms with Crippen molar-refractivity contribution < 1.29 is 9.52 Å². The van der Waals surface area contributed by atoms with Crippen molar-refractivity contribution in [1.29, 1.82) is 0 Å². The standard InChI is InChI=1S/C13H16ClNO2S/c1-2-9(8-16)15-13(10-4-3-7-17-10)11-5-6-12(14)18-11/h3-7,9,13,15-16H,2,8H2,1H3. The third-order valence-electron chi connectivity index (χ3n) is 2.82. The highest BCUT2D eigenvalue weighted by Gasteiger charge is 2.21. The van der Waals surface area contributed by atoms with Crippen LogP contribution in [0.25, 0.3) is 0 Å². The van der Waals surface area contributed by atoms with Gasteiger partial charge in [-0.1, -0.05) is 18.5 Å². The van der Waals surface area contributed by atoms with Gasteiger partial charge in [-0.25, -0.2) is 0 Å². The van der Waals surface area contributed by atoms with Gasteiger partial charge >= 0.3 is 0 Å². The molecule has 0 aliphatic rings. The number of halogens is 1. The summed E-state index contributed by atoms with van der Waals surface area (Å²) in [7, 11) is 0. The van der Waals surface area contributed by atoms with Gasteiger partial charge in [-0.3, -0.25) is 5.32 Å². The fraction of sp³-hybridized carbons (Fsp3) is 0.385. The summed E-state index contributed by atoms with van der Waals surface area (Å²) >= 11 is 7.50. The van der Waals surface area contributed by atoms with Gasteiger partial charge in [0.15, 0.2) is 0 Å². The van der Waals surface area contributed by atoms with Crippen LogP contribution in [0.2, 0.25) is 4.34 Å². The maximum atomic E-state index is 9.31. The second-order valence-corrected chi connectivity index (χ2v) is 5.79. The number of hydrogen-bond donors (Lipinski definition) is 2. The summed E-state index contributed by atoms with van der Waals surface area (Å²) in [6.45, 7) is 2.14. The third-order valence-corrected chi connectivity index (χ3v) is 4.12. The minimum Gasteiger partial charge on any atom is -0.467 e. The van der Waals surface area contributed by atoms with Gasteiger partial charge in [0.25, 0.3) is 0 Å². The van der Waals surface area contributed by atoms with Crippen LogP contribution in [0.15, 0.2) is 34.9 Å². The van der Waals surface area contributed by atoms with E-state index in [-0.39, 0.29) is 18.7 Å². The zero-order valence-corrected chi connectivity index (χ0v) is 11.7. The van der Waals surface area contributed by atoms with Crippen LogP contribution in [0.3, 0.4) is 0 Å². The van der Waals surface area contributed by atoms with E-state index in [1.54, 1.807) is 6.26 Å². The van der Waals surface area contributed by atoms with Gasteiger partial charge in [0, 0.05) is 10.9 Å². The second kappa shape index (κ2) is 6.38. The van der Waals surface area contributed by atoms with Crippen molar-refractivity contribution in [1.82, 2.24) is 5.32 Å². The second-order valence-electron chi connectivity index (χ2n) is 4.04. The normalized spacial score (nSPS) is 14.6. The first-order valence-corrected chi connectivity index (χ1v) is 7.09. The summed E-state index contributed by atoms with van der Waals surface area (Å²) in [6.07, 6.45) is 2.51. The molecular weight excluding hydrogens is 270 g/mol. The smallest absolute Gasteiger partial charge is 0.126 e. The number of nitrogens with one attached hydrogen (secondary N) is 1. The zero-order valence-electron chi connectivity index (χ0n) is 10.1. The highest BCUT2D eigenvalue weighted by molar-refractivity contribution is 7.16. The first-order valence-electron chi connectivity index (χ1n) is 5.90. The Bertz CT molecular complexity index is 465. The van der Waals surface area contributed by atoms with Crippen LogP contribution >= 0.6 is 22.9 Å². The molecule has 2 unspecified atom stereocenters. The van der Waals surface area contributed by atoms with Crippen molar-refractivity contribution in [2.75, 3.05) is 6.61 Å². The zero-order chi connectivity index (χ0) is 13.0. The first-order chi connectivity index (χ1) is 8.74. The largest absolute Gasteiger partial charge is 0.467 e. The van der Waals surface area contributed by atoms with Gasteiger partial charge in [0.05, 0.1) is 17.2 Å².